The van der Waals surface area contributed by atoms with Crippen LogP contribution in [0.2, 0.25) is 0 Å². The molecule has 0 bridgehead atoms. The van der Waals surface area contributed by atoms with Crippen molar-refractivity contribution >= 4 is 5.91 Å². The standard InChI is InChI=1S/C15H28FNO2/c1-4-6-12(7-5-2)17-15(18)11-8-9-14(19-3)13(16)10-11/h11-14H,4-10H2,1-3H3,(H,17,18). The van der Waals surface area contributed by atoms with Crippen LogP contribution in [0.3, 0.4) is 0 Å². The minimum absolute atomic E-state index is 0.0316. The number of alkyl halides is 1. The fourth-order valence-corrected chi connectivity index (χ4v) is 2.90. The third kappa shape index (κ3) is 5.09. The maximum absolute atomic E-state index is 13.8. The van der Waals surface area contributed by atoms with Gasteiger partial charge in [-0.15, -0.1) is 0 Å². The van der Waals surface area contributed by atoms with E-state index in [0.717, 1.165) is 32.1 Å². The van der Waals surface area contributed by atoms with Gasteiger partial charge in [-0.2, -0.15) is 0 Å². The third-order valence-corrected chi connectivity index (χ3v) is 4.01. The molecule has 0 aromatic carbocycles. The number of carbonyl (C=O) groups is 1. The molecular formula is C15H28FNO2. The smallest absolute Gasteiger partial charge is 0.223 e. The molecule has 112 valence electrons. The monoisotopic (exact) mass is 273 g/mol. The summed E-state index contributed by atoms with van der Waals surface area (Å²) < 4.78 is 18.9. The number of carbonyl (C=O) groups excluding carboxylic acids is 1. The second-order valence-corrected chi connectivity index (χ2v) is 5.58. The Balaban J connectivity index is 2.44. The van der Waals surface area contributed by atoms with Crippen molar-refractivity contribution in [1.82, 2.24) is 5.32 Å². The lowest BCUT2D eigenvalue weighted by atomic mass is 9.85. The zero-order valence-electron chi connectivity index (χ0n) is 12.5. The van der Waals surface area contributed by atoms with Gasteiger partial charge in [-0.1, -0.05) is 26.7 Å². The first-order valence-electron chi connectivity index (χ1n) is 7.59. The summed E-state index contributed by atoms with van der Waals surface area (Å²) in [5.74, 6) is -0.151. The Bertz CT molecular complexity index is 267. The van der Waals surface area contributed by atoms with Crippen molar-refractivity contribution in [3.63, 3.8) is 0 Å². The fourth-order valence-electron chi connectivity index (χ4n) is 2.90. The second kappa shape index (κ2) is 8.51. The molecule has 0 heterocycles. The van der Waals surface area contributed by atoms with E-state index in [2.05, 4.69) is 19.2 Å². The van der Waals surface area contributed by atoms with Crippen LogP contribution in [0.1, 0.15) is 58.8 Å². The van der Waals surface area contributed by atoms with Crippen molar-refractivity contribution in [3.8, 4) is 0 Å². The Kier molecular flexibility index (Phi) is 7.36. The number of rotatable bonds is 7. The minimum atomic E-state index is -1.01. The molecule has 1 N–H and O–H groups in total. The van der Waals surface area contributed by atoms with Crippen LogP contribution in [0.5, 0.6) is 0 Å². The van der Waals surface area contributed by atoms with Crippen molar-refractivity contribution < 1.29 is 13.9 Å². The first-order valence-corrected chi connectivity index (χ1v) is 7.59. The third-order valence-electron chi connectivity index (χ3n) is 4.01. The average molecular weight is 273 g/mol. The molecule has 1 saturated carbocycles. The quantitative estimate of drug-likeness (QED) is 0.773. The number of methoxy groups -OCH3 is 1. The van der Waals surface area contributed by atoms with Crippen molar-refractivity contribution in [1.29, 1.82) is 0 Å². The molecule has 1 aliphatic carbocycles. The lowest BCUT2D eigenvalue weighted by Crippen LogP contribution is -2.43. The Hall–Kier alpha value is -0.640. The van der Waals surface area contributed by atoms with Crippen LogP contribution < -0.4 is 5.32 Å². The van der Waals surface area contributed by atoms with E-state index in [1.54, 1.807) is 0 Å². The molecule has 0 aromatic rings. The van der Waals surface area contributed by atoms with E-state index in [1.807, 2.05) is 0 Å². The molecule has 1 aliphatic rings. The summed E-state index contributed by atoms with van der Waals surface area (Å²) in [6.45, 7) is 4.24. The summed E-state index contributed by atoms with van der Waals surface area (Å²) in [6.07, 6.45) is 4.47. The van der Waals surface area contributed by atoms with Gasteiger partial charge in [0.1, 0.15) is 6.17 Å². The Morgan fingerprint density at radius 3 is 2.42 bits per heavy atom. The van der Waals surface area contributed by atoms with Gasteiger partial charge in [0, 0.05) is 19.1 Å². The molecule has 1 amide bonds. The van der Waals surface area contributed by atoms with E-state index in [4.69, 9.17) is 4.74 Å². The van der Waals surface area contributed by atoms with Crippen LogP contribution in [0, 0.1) is 5.92 Å². The van der Waals surface area contributed by atoms with Crippen molar-refractivity contribution in [3.05, 3.63) is 0 Å². The van der Waals surface area contributed by atoms with Crippen LogP contribution in [0.25, 0.3) is 0 Å². The normalized spacial score (nSPS) is 27.5. The SMILES string of the molecule is CCCC(CCC)NC(=O)C1CCC(OC)C(F)C1. The Labute approximate surface area is 116 Å². The van der Waals surface area contributed by atoms with Gasteiger partial charge in [0.05, 0.1) is 6.10 Å². The molecule has 0 radical (unpaired) electrons. The first-order chi connectivity index (χ1) is 9.12. The van der Waals surface area contributed by atoms with Gasteiger partial charge in [-0.3, -0.25) is 4.79 Å². The van der Waals surface area contributed by atoms with Gasteiger partial charge >= 0.3 is 0 Å². The molecular weight excluding hydrogens is 245 g/mol. The largest absolute Gasteiger partial charge is 0.378 e. The Morgan fingerprint density at radius 2 is 1.95 bits per heavy atom. The van der Waals surface area contributed by atoms with Crippen LogP contribution in [0.4, 0.5) is 4.39 Å². The molecule has 3 unspecified atom stereocenters. The number of hydrogen-bond donors (Lipinski definition) is 1. The van der Waals surface area contributed by atoms with E-state index in [1.165, 1.54) is 7.11 Å². The molecule has 0 aromatic heterocycles. The topological polar surface area (TPSA) is 38.3 Å². The maximum Gasteiger partial charge on any atom is 0.223 e. The number of amides is 1. The van der Waals surface area contributed by atoms with Crippen LogP contribution in [-0.4, -0.2) is 31.3 Å². The molecule has 0 aliphatic heterocycles. The summed E-state index contributed by atoms with van der Waals surface area (Å²) in [6, 6.07) is 0.251. The lowest BCUT2D eigenvalue weighted by molar-refractivity contribution is -0.129. The summed E-state index contributed by atoms with van der Waals surface area (Å²) in [4.78, 5) is 12.2. The van der Waals surface area contributed by atoms with Gasteiger partial charge in [0.2, 0.25) is 5.91 Å². The highest BCUT2D eigenvalue weighted by Gasteiger charge is 2.34. The van der Waals surface area contributed by atoms with E-state index in [-0.39, 0.29) is 24.0 Å². The minimum Gasteiger partial charge on any atom is -0.378 e. The highest BCUT2D eigenvalue weighted by Crippen LogP contribution is 2.28. The highest BCUT2D eigenvalue weighted by atomic mass is 19.1. The molecule has 3 atom stereocenters. The van der Waals surface area contributed by atoms with E-state index < -0.39 is 6.17 Å². The summed E-state index contributed by atoms with van der Waals surface area (Å²) in [5, 5.41) is 3.10. The predicted molar refractivity (Wildman–Crippen MR) is 74.8 cm³/mol. The van der Waals surface area contributed by atoms with Gasteiger partial charge in [-0.05, 0) is 32.1 Å². The molecule has 0 spiro atoms. The molecule has 4 heteroatoms. The predicted octanol–water partition coefficient (Wildman–Crippen LogP) is 3.22. The number of ether oxygens (including phenoxy) is 1. The first kappa shape index (κ1) is 16.4. The number of hydrogen-bond acceptors (Lipinski definition) is 2. The van der Waals surface area contributed by atoms with Gasteiger partial charge in [0.15, 0.2) is 0 Å². The summed E-state index contributed by atoms with van der Waals surface area (Å²) in [7, 11) is 1.54. The van der Waals surface area contributed by atoms with E-state index in [0.29, 0.717) is 12.8 Å². The van der Waals surface area contributed by atoms with Crippen molar-refractivity contribution in [2.75, 3.05) is 7.11 Å². The number of nitrogens with one attached hydrogen (secondary N) is 1. The molecule has 0 saturated heterocycles. The Morgan fingerprint density at radius 1 is 1.32 bits per heavy atom. The van der Waals surface area contributed by atoms with Gasteiger partial charge in [-0.25, -0.2) is 4.39 Å². The lowest BCUT2D eigenvalue weighted by Gasteiger charge is -2.31. The van der Waals surface area contributed by atoms with Crippen LogP contribution in [0.15, 0.2) is 0 Å². The molecule has 19 heavy (non-hydrogen) atoms. The fraction of sp³-hybridized carbons (Fsp3) is 0.933. The summed E-state index contributed by atoms with van der Waals surface area (Å²) in [5.41, 5.74) is 0. The van der Waals surface area contributed by atoms with E-state index in [9.17, 15) is 9.18 Å². The summed E-state index contributed by atoms with van der Waals surface area (Å²) >= 11 is 0. The van der Waals surface area contributed by atoms with Gasteiger partial charge in [0.25, 0.3) is 0 Å². The van der Waals surface area contributed by atoms with Crippen LogP contribution in [-0.2, 0) is 9.53 Å². The maximum atomic E-state index is 13.8. The molecule has 1 rings (SSSR count). The van der Waals surface area contributed by atoms with Crippen LogP contribution >= 0.6 is 0 Å². The van der Waals surface area contributed by atoms with Crippen molar-refractivity contribution in [2.24, 2.45) is 5.92 Å². The second-order valence-electron chi connectivity index (χ2n) is 5.58. The zero-order chi connectivity index (χ0) is 14.3. The highest BCUT2D eigenvalue weighted by molar-refractivity contribution is 5.79. The zero-order valence-corrected chi connectivity index (χ0v) is 12.5. The number of halogens is 1. The van der Waals surface area contributed by atoms with Gasteiger partial charge < -0.3 is 10.1 Å². The van der Waals surface area contributed by atoms with Crippen molar-refractivity contribution in [2.45, 2.75) is 77.1 Å². The average Bonchev–Trinajstić information content (AvgIpc) is 2.39. The molecule has 1 fully saturated rings. The van der Waals surface area contributed by atoms with E-state index >= 15 is 0 Å². The molecule has 3 nitrogen and oxygen atoms in total.